The molecule has 0 aliphatic carbocycles. The lowest BCUT2D eigenvalue weighted by Crippen LogP contribution is -2.50. The van der Waals surface area contributed by atoms with Gasteiger partial charge in [0.25, 0.3) is 0 Å². The van der Waals surface area contributed by atoms with Crippen molar-refractivity contribution in [1.82, 2.24) is 30.8 Å². The molecule has 3 aromatic carbocycles. The number of ether oxygens (including phenoxy) is 1. The van der Waals surface area contributed by atoms with Crippen LogP contribution < -0.4 is 37.1 Å². The number of hydrogen-bond acceptors (Lipinski definition) is 9. The minimum atomic E-state index is -1.000. The van der Waals surface area contributed by atoms with E-state index in [9.17, 15) is 14.4 Å². The summed E-state index contributed by atoms with van der Waals surface area (Å²) in [4.78, 5) is 50.4. The number of hydrogen-bond donors (Lipinski definition) is 6. The molecule has 0 radical (unpaired) electrons. The van der Waals surface area contributed by atoms with Crippen LogP contribution in [0.15, 0.2) is 66.7 Å². The fraction of sp³-hybridized carbons (Fsp3) is 0.400. The van der Waals surface area contributed by atoms with Crippen molar-refractivity contribution in [3.8, 4) is 40.6 Å². The van der Waals surface area contributed by atoms with Crippen LogP contribution in [0.25, 0.3) is 33.5 Å². The van der Waals surface area contributed by atoms with Gasteiger partial charge in [-0.2, -0.15) is 0 Å². The van der Waals surface area contributed by atoms with E-state index in [-0.39, 0.29) is 50.6 Å². The van der Waals surface area contributed by atoms with E-state index in [0.29, 0.717) is 18.8 Å². The first-order valence-electron chi connectivity index (χ1n) is 18.1. The number of amides is 3. The molecule has 53 heavy (non-hydrogen) atoms. The number of fused-ring (bicyclic) bond motifs is 1. The molecule has 280 valence electrons. The average Bonchev–Trinajstić information content (AvgIpc) is 3.58. The molecule has 8 N–H and O–H groups in total. The van der Waals surface area contributed by atoms with Crippen molar-refractivity contribution in [2.24, 2.45) is 11.5 Å². The van der Waals surface area contributed by atoms with Crippen molar-refractivity contribution < 1.29 is 19.1 Å². The predicted octanol–water partition coefficient (Wildman–Crippen LogP) is 2.96. The van der Waals surface area contributed by atoms with E-state index < -0.39 is 17.6 Å². The fourth-order valence-electron chi connectivity index (χ4n) is 6.01. The lowest BCUT2D eigenvalue weighted by Gasteiger charge is -2.34. The van der Waals surface area contributed by atoms with E-state index in [0.717, 1.165) is 59.7 Å². The van der Waals surface area contributed by atoms with Crippen molar-refractivity contribution in [2.75, 3.05) is 57.8 Å². The number of nitrogens with zero attached hydrogens (tertiary/aromatic N) is 3. The van der Waals surface area contributed by atoms with Gasteiger partial charge in [0.1, 0.15) is 17.6 Å². The smallest absolute Gasteiger partial charge is 0.243 e. The monoisotopic (exact) mass is 721 g/mol. The first kappa shape index (κ1) is 38.8. The van der Waals surface area contributed by atoms with Gasteiger partial charge in [-0.15, -0.1) is 6.42 Å². The van der Waals surface area contributed by atoms with Gasteiger partial charge in [0.2, 0.25) is 17.7 Å². The molecule has 0 spiro atoms. The van der Waals surface area contributed by atoms with E-state index >= 15 is 0 Å². The summed E-state index contributed by atoms with van der Waals surface area (Å²) in [6.45, 7) is 6.43. The predicted molar refractivity (Wildman–Crippen MR) is 209 cm³/mol. The highest BCUT2D eigenvalue weighted by molar-refractivity contribution is 5.88. The summed E-state index contributed by atoms with van der Waals surface area (Å²) in [5.41, 5.74) is 16.8. The number of H-pyrrole nitrogens is 1. The Kier molecular flexibility index (Phi) is 13.4. The number of nitrogens with one attached hydrogen (secondary N) is 4. The van der Waals surface area contributed by atoms with Gasteiger partial charge in [-0.05, 0) is 92.9 Å². The Bertz CT molecular complexity index is 1870. The molecule has 0 saturated carbocycles. The minimum Gasteiger partial charge on any atom is -0.494 e. The standard InChI is InChI=1S/C40H51N9O4/c1-4-20-44-39(52)34(45-37(51)17-19-40(2,41)42)18-21-43-36(50)6-5-26-53-32-14-9-29(10-15-32)38-46-33-16-11-30(27-35(33)47-38)28-7-12-31(13-8-28)49-24-22-48(3)23-25-49/h1,7-16,27,34H,5-6,17-26,41-42H2,2-3H3,(H,43,50)(H,44,52)(H,45,51)(H,46,47). The molecule has 1 atom stereocenters. The van der Waals surface area contributed by atoms with E-state index in [2.05, 4.69) is 80.1 Å². The normalized spacial score (nSPS) is 14.0. The van der Waals surface area contributed by atoms with Gasteiger partial charge in [-0.3, -0.25) is 14.4 Å². The van der Waals surface area contributed by atoms with Crippen LogP contribution >= 0.6 is 0 Å². The molecule has 4 aromatic rings. The van der Waals surface area contributed by atoms with Crippen molar-refractivity contribution in [3.63, 3.8) is 0 Å². The molecule has 1 aliphatic rings. The number of aromatic nitrogens is 2. The third-order valence-corrected chi connectivity index (χ3v) is 9.16. The van der Waals surface area contributed by atoms with Crippen LogP contribution in [0.1, 0.15) is 39.0 Å². The number of anilines is 1. The van der Waals surface area contributed by atoms with E-state index in [4.69, 9.17) is 27.6 Å². The summed E-state index contributed by atoms with van der Waals surface area (Å²) in [5, 5.41) is 8.04. The summed E-state index contributed by atoms with van der Waals surface area (Å²) in [7, 11) is 2.17. The summed E-state index contributed by atoms with van der Waals surface area (Å²) in [6.07, 6.45) is 6.48. The molecule has 2 heterocycles. The van der Waals surface area contributed by atoms with Crippen LogP contribution in [-0.4, -0.2) is 97.2 Å². The lowest BCUT2D eigenvalue weighted by atomic mass is 10.0. The topological polar surface area (TPSA) is 184 Å². The second-order valence-corrected chi connectivity index (χ2v) is 13.8. The van der Waals surface area contributed by atoms with Crippen LogP contribution in [-0.2, 0) is 14.4 Å². The third-order valence-electron chi connectivity index (χ3n) is 9.16. The summed E-state index contributed by atoms with van der Waals surface area (Å²) in [5.74, 6) is 2.81. The van der Waals surface area contributed by atoms with Gasteiger partial charge in [0.05, 0.1) is 29.8 Å². The molecular formula is C40H51N9O4. The van der Waals surface area contributed by atoms with Crippen LogP contribution in [0.3, 0.4) is 0 Å². The molecule has 13 heteroatoms. The first-order valence-corrected chi connectivity index (χ1v) is 18.1. The Morgan fingerprint density at radius 2 is 1.64 bits per heavy atom. The van der Waals surface area contributed by atoms with Gasteiger partial charge >= 0.3 is 0 Å². The highest BCUT2D eigenvalue weighted by atomic mass is 16.5. The van der Waals surface area contributed by atoms with E-state index in [1.165, 1.54) is 5.69 Å². The Labute approximate surface area is 311 Å². The van der Waals surface area contributed by atoms with Gasteiger partial charge in [0, 0.05) is 56.8 Å². The molecule has 1 aliphatic heterocycles. The zero-order chi connectivity index (χ0) is 37.8. The maximum absolute atomic E-state index is 12.5. The molecule has 13 nitrogen and oxygen atoms in total. The van der Waals surface area contributed by atoms with E-state index in [1.807, 2.05) is 30.3 Å². The molecule has 3 amide bonds. The maximum atomic E-state index is 12.5. The summed E-state index contributed by atoms with van der Waals surface area (Å²) >= 11 is 0. The highest BCUT2D eigenvalue weighted by Gasteiger charge is 2.22. The van der Waals surface area contributed by atoms with Crippen molar-refractivity contribution in [1.29, 1.82) is 0 Å². The number of nitrogens with two attached hydrogens (primary N) is 2. The van der Waals surface area contributed by atoms with Crippen LogP contribution in [0.4, 0.5) is 5.69 Å². The number of carbonyl (C=O) groups excluding carboxylic acids is 3. The van der Waals surface area contributed by atoms with Crippen molar-refractivity contribution >= 4 is 34.4 Å². The van der Waals surface area contributed by atoms with Crippen LogP contribution in [0, 0.1) is 12.3 Å². The van der Waals surface area contributed by atoms with Crippen LogP contribution in [0.5, 0.6) is 5.75 Å². The molecule has 1 aromatic heterocycles. The number of terminal acetylenes is 1. The second-order valence-electron chi connectivity index (χ2n) is 13.8. The average molecular weight is 722 g/mol. The summed E-state index contributed by atoms with van der Waals surface area (Å²) < 4.78 is 5.87. The Morgan fingerprint density at radius 3 is 2.34 bits per heavy atom. The molecule has 1 fully saturated rings. The second kappa shape index (κ2) is 18.4. The largest absolute Gasteiger partial charge is 0.494 e. The first-order chi connectivity index (χ1) is 25.5. The van der Waals surface area contributed by atoms with Crippen molar-refractivity contribution in [3.05, 3.63) is 66.7 Å². The minimum absolute atomic E-state index is 0.0262. The van der Waals surface area contributed by atoms with Gasteiger partial charge in [0.15, 0.2) is 0 Å². The molecule has 5 rings (SSSR count). The lowest BCUT2D eigenvalue weighted by molar-refractivity contribution is -0.129. The highest BCUT2D eigenvalue weighted by Crippen LogP contribution is 2.29. The van der Waals surface area contributed by atoms with Gasteiger partial charge in [-0.25, -0.2) is 4.98 Å². The Morgan fingerprint density at radius 1 is 0.943 bits per heavy atom. The number of aromatic amines is 1. The number of imidazole rings is 1. The van der Waals surface area contributed by atoms with Crippen LogP contribution in [0.2, 0.25) is 0 Å². The number of benzene rings is 3. The quantitative estimate of drug-likeness (QED) is 0.0542. The number of likely N-dealkylation sites (N-methyl/N-ethyl adjacent to an activating group) is 1. The van der Waals surface area contributed by atoms with Gasteiger partial charge in [-0.1, -0.05) is 24.1 Å². The maximum Gasteiger partial charge on any atom is 0.243 e. The molecule has 0 bridgehead atoms. The Hall–Kier alpha value is -5.42. The van der Waals surface area contributed by atoms with Gasteiger partial charge < -0.3 is 46.9 Å². The molecular weight excluding hydrogens is 670 g/mol. The van der Waals surface area contributed by atoms with E-state index in [1.54, 1.807) is 6.92 Å². The Balaban J connectivity index is 1.05. The number of rotatable bonds is 17. The molecule has 1 unspecified atom stereocenters. The SMILES string of the molecule is C#CCNC(=O)C(CCNC(=O)CCCOc1ccc(-c2nc3ccc(-c4ccc(N5CCN(C)CC5)cc4)cc3[nH]2)cc1)NC(=O)CCC(C)(N)N. The molecule has 1 saturated heterocycles. The number of piperazine rings is 1. The van der Waals surface area contributed by atoms with Crippen molar-refractivity contribution in [2.45, 2.75) is 50.7 Å². The fourth-order valence-corrected chi connectivity index (χ4v) is 6.01. The zero-order valence-electron chi connectivity index (χ0n) is 30.6. The third kappa shape index (κ3) is 11.8. The summed E-state index contributed by atoms with van der Waals surface area (Å²) in [6, 6.07) is 21.9. The number of carbonyl (C=O) groups is 3. The zero-order valence-corrected chi connectivity index (χ0v) is 30.6.